The number of rotatable bonds is 2. The van der Waals surface area contributed by atoms with E-state index in [1.807, 2.05) is 36.4 Å². The summed E-state index contributed by atoms with van der Waals surface area (Å²) in [5, 5.41) is 18.6. The molecule has 0 spiro atoms. The van der Waals surface area contributed by atoms with Gasteiger partial charge in [0.25, 0.3) is 0 Å². The SMILES string of the molecule is [C-]#[N+]c1ccc2c(c1)Oc1ccc(-c3c4ccccc4c(-c4ccc5c6c(cccc46)-c4ccc(C#N)cc4O5)c4ccccc34)c3cccc-2c13. The standard InChI is InChI=1S/C48H24N2O2/c1-50-28-17-19-30-32-13-7-15-38-40(21-23-42(48(32)38)52-44(30)25-28)46-35-10-4-2-8-33(35)45(34-9-3-5-11-36(34)46)39-20-22-41-47-31(12-6-14-37(39)47)29-18-16-27(26-49)24-43(29)51-41/h2-25H. The van der Waals surface area contributed by atoms with Crippen LogP contribution in [0.3, 0.4) is 0 Å². The van der Waals surface area contributed by atoms with E-state index < -0.39 is 0 Å². The van der Waals surface area contributed by atoms with Gasteiger partial charge in [0.15, 0.2) is 5.69 Å². The molecule has 0 radical (unpaired) electrons. The highest BCUT2D eigenvalue weighted by molar-refractivity contribution is 6.27. The van der Waals surface area contributed by atoms with Gasteiger partial charge in [-0.25, -0.2) is 4.85 Å². The summed E-state index contributed by atoms with van der Waals surface area (Å²) in [6, 6.07) is 52.5. The number of fused-ring (bicyclic) bond motifs is 6. The molecule has 0 unspecified atom stereocenters. The van der Waals surface area contributed by atoms with E-state index in [0.717, 1.165) is 66.4 Å². The highest BCUT2D eigenvalue weighted by Gasteiger charge is 2.26. The summed E-state index contributed by atoms with van der Waals surface area (Å²) in [6.07, 6.45) is 0. The molecule has 9 aromatic carbocycles. The van der Waals surface area contributed by atoms with Gasteiger partial charge < -0.3 is 9.47 Å². The van der Waals surface area contributed by atoms with Gasteiger partial charge >= 0.3 is 0 Å². The highest BCUT2D eigenvalue weighted by Crippen LogP contribution is 2.54. The third-order valence-electron chi connectivity index (χ3n) is 10.7. The van der Waals surface area contributed by atoms with Crippen molar-refractivity contribution >= 4 is 48.8 Å². The largest absolute Gasteiger partial charge is 0.457 e. The summed E-state index contributed by atoms with van der Waals surface area (Å²) in [6.45, 7) is 7.51. The summed E-state index contributed by atoms with van der Waals surface area (Å²) in [5.74, 6) is 3.00. The van der Waals surface area contributed by atoms with Crippen LogP contribution in [0, 0.1) is 17.9 Å². The van der Waals surface area contributed by atoms with E-state index >= 15 is 0 Å². The van der Waals surface area contributed by atoms with Gasteiger partial charge in [-0.2, -0.15) is 5.26 Å². The van der Waals surface area contributed by atoms with Crippen LogP contribution in [0.25, 0.3) is 92.4 Å². The number of benzene rings is 9. The molecule has 11 rings (SSSR count). The van der Waals surface area contributed by atoms with Gasteiger partial charge in [0.05, 0.1) is 18.2 Å². The molecule has 2 aliphatic heterocycles. The number of ether oxygens (including phenoxy) is 2. The van der Waals surface area contributed by atoms with Crippen molar-refractivity contribution in [2.75, 3.05) is 0 Å². The molecule has 0 aliphatic carbocycles. The Kier molecular flexibility index (Phi) is 5.77. The molecule has 0 N–H and O–H groups in total. The Balaban J connectivity index is 1.20. The van der Waals surface area contributed by atoms with Crippen molar-refractivity contribution in [3.05, 3.63) is 163 Å². The second kappa shape index (κ2) is 10.6. The van der Waals surface area contributed by atoms with Crippen LogP contribution in [0.5, 0.6) is 23.0 Å². The first-order chi connectivity index (χ1) is 25.7. The summed E-state index contributed by atoms with van der Waals surface area (Å²) >= 11 is 0. The lowest BCUT2D eigenvalue weighted by atomic mass is 9.82. The minimum absolute atomic E-state index is 0.561. The van der Waals surface area contributed by atoms with Gasteiger partial charge in [0.1, 0.15) is 23.0 Å². The van der Waals surface area contributed by atoms with Crippen LogP contribution in [0.1, 0.15) is 5.56 Å². The number of hydrogen-bond donors (Lipinski definition) is 0. The Hall–Kier alpha value is -7.40. The number of nitriles is 1. The fraction of sp³-hybridized carbons (Fsp3) is 0. The molecule has 52 heavy (non-hydrogen) atoms. The highest BCUT2D eigenvalue weighted by atomic mass is 16.5. The van der Waals surface area contributed by atoms with Crippen LogP contribution in [-0.2, 0) is 0 Å². The molecule has 238 valence electrons. The Morgan fingerprint density at radius 1 is 0.423 bits per heavy atom. The van der Waals surface area contributed by atoms with Crippen LogP contribution in [0.2, 0.25) is 0 Å². The first kappa shape index (κ1) is 28.4. The van der Waals surface area contributed by atoms with Gasteiger partial charge in [0, 0.05) is 21.9 Å². The van der Waals surface area contributed by atoms with Crippen LogP contribution in [-0.4, -0.2) is 0 Å². The van der Waals surface area contributed by atoms with Crippen molar-refractivity contribution in [3.63, 3.8) is 0 Å². The van der Waals surface area contributed by atoms with Gasteiger partial charge in [-0.3, -0.25) is 0 Å². The maximum Gasteiger partial charge on any atom is 0.190 e. The van der Waals surface area contributed by atoms with Crippen molar-refractivity contribution in [3.8, 4) is 73.6 Å². The monoisotopic (exact) mass is 660 g/mol. The smallest absolute Gasteiger partial charge is 0.190 e. The zero-order valence-electron chi connectivity index (χ0n) is 27.6. The van der Waals surface area contributed by atoms with E-state index in [2.05, 4.69) is 120 Å². The first-order valence-corrected chi connectivity index (χ1v) is 17.2. The normalized spacial score (nSPS) is 12.1. The summed E-state index contributed by atoms with van der Waals surface area (Å²) in [5.41, 5.74) is 9.97. The Morgan fingerprint density at radius 3 is 1.38 bits per heavy atom. The van der Waals surface area contributed by atoms with Gasteiger partial charge in [0.2, 0.25) is 0 Å². The number of hydrogen-bond acceptors (Lipinski definition) is 3. The molecule has 0 atom stereocenters. The fourth-order valence-corrected chi connectivity index (χ4v) is 8.54. The molecule has 2 aliphatic rings. The molecule has 0 fully saturated rings. The van der Waals surface area contributed by atoms with Crippen molar-refractivity contribution in [1.82, 2.24) is 0 Å². The van der Waals surface area contributed by atoms with Crippen LogP contribution in [0.4, 0.5) is 5.69 Å². The van der Waals surface area contributed by atoms with Gasteiger partial charge in [-0.15, -0.1) is 0 Å². The van der Waals surface area contributed by atoms with Crippen molar-refractivity contribution < 1.29 is 9.47 Å². The third-order valence-corrected chi connectivity index (χ3v) is 10.7. The second-order valence-electron chi connectivity index (χ2n) is 13.3. The van der Waals surface area contributed by atoms with E-state index in [4.69, 9.17) is 16.0 Å². The number of nitrogens with zero attached hydrogens (tertiary/aromatic N) is 2. The maximum absolute atomic E-state index is 9.54. The van der Waals surface area contributed by atoms with Crippen LogP contribution < -0.4 is 9.47 Å². The van der Waals surface area contributed by atoms with E-state index in [1.165, 1.54) is 32.7 Å². The molecule has 2 heterocycles. The lowest BCUT2D eigenvalue weighted by molar-refractivity contribution is 0.487. The van der Waals surface area contributed by atoms with Crippen LogP contribution >= 0.6 is 0 Å². The van der Waals surface area contributed by atoms with Crippen molar-refractivity contribution in [2.24, 2.45) is 0 Å². The summed E-state index contributed by atoms with van der Waals surface area (Å²) in [4.78, 5) is 3.63. The molecule has 0 aromatic heterocycles. The molecule has 0 bridgehead atoms. The molecular weight excluding hydrogens is 637 g/mol. The summed E-state index contributed by atoms with van der Waals surface area (Å²) in [7, 11) is 0. The third kappa shape index (κ3) is 3.84. The quantitative estimate of drug-likeness (QED) is 0.137. The minimum Gasteiger partial charge on any atom is -0.457 e. The van der Waals surface area contributed by atoms with Crippen molar-refractivity contribution in [1.29, 1.82) is 5.26 Å². The van der Waals surface area contributed by atoms with E-state index in [-0.39, 0.29) is 0 Å². The van der Waals surface area contributed by atoms with E-state index in [0.29, 0.717) is 22.7 Å². The van der Waals surface area contributed by atoms with E-state index in [1.54, 1.807) is 0 Å². The average Bonchev–Trinajstić information content (AvgIpc) is 3.20. The summed E-state index contributed by atoms with van der Waals surface area (Å²) < 4.78 is 12.9. The minimum atomic E-state index is 0.561. The molecular formula is C48H24N2O2. The fourth-order valence-electron chi connectivity index (χ4n) is 8.54. The Morgan fingerprint density at radius 2 is 0.885 bits per heavy atom. The van der Waals surface area contributed by atoms with Gasteiger partial charge in [-0.05, 0) is 114 Å². The molecule has 0 saturated heterocycles. The molecule has 4 nitrogen and oxygen atoms in total. The zero-order chi connectivity index (χ0) is 34.5. The lowest BCUT2D eigenvalue weighted by Crippen LogP contribution is -1.99. The first-order valence-electron chi connectivity index (χ1n) is 17.2. The predicted octanol–water partition coefficient (Wildman–Crippen LogP) is 13.6. The predicted molar refractivity (Wildman–Crippen MR) is 209 cm³/mol. The molecule has 4 heteroatoms. The second-order valence-corrected chi connectivity index (χ2v) is 13.3. The van der Waals surface area contributed by atoms with Gasteiger partial charge in [-0.1, -0.05) is 97.1 Å². The van der Waals surface area contributed by atoms with Crippen LogP contribution in [0.15, 0.2) is 146 Å². The average molecular weight is 661 g/mol. The topological polar surface area (TPSA) is 46.6 Å². The van der Waals surface area contributed by atoms with Crippen molar-refractivity contribution in [2.45, 2.75) is 0 Å². The zero-order valence-corrected chi connectivity index (χ0v) is 27.6. The molecule has 0 amide bonds. The van der Waals surface area contributed by atoms with E-state index in [9.17, 15) is 5.26 Å². The maximum atomic E-state index is 9.54. The lowest BCUT2D eigenvalue weighted by Gasteiger charge is -2.25. The molecule has 0 saturated carbocycles. The Bertz CT molecular complexity index is 2890. The Labute approximate surface area is 298 Å². The molecule has 9 aromatic rings.